The molecule has 2 fully saturated rings. The van der Waals surface area contributed by atoms with Crippen molar-refractivity contribution < 1.29 is 4.79 Å². The van der Waals surface area contributed by atoms with Gasteiger partial charge in [0, 0.05) is 51.4 Å². The minimum Gasteiger partial charge on any atom is -0.361 e. The van der Waals surface area contributed by atoms with Crippen LogP contribution in [0.4, 0.5) is 5.82 Å². The third kappa shape index (κ3) is 3.18. The molecule has 0 bridgehead atoms. The summed E-state index contributed by atoms with van der Waals surface area (Å²) in [6, 6.07) is 4.15. The van der Waals surface area contributed by atoms with E-state index in [-0.39, 0.29) is 5.92 Å². The molecule has 0 N–H and O–H groups in total. The predicted molar refractivity (Wildman–Crippen MR) is 104 cm³/mol. The maximum Gasteiger partial charge on any atom is 0.225 e. The van der Waals surface area contributed by atoms with Crippen molar-refractivity contribution in [2.45, 2.75) is 25.2 Å². The molecule has 2 aliphatic rings. The summed E-state index contributed by atoms with van der Waals surface area (Å²) in [6.07, 6.45) is 7.20. The Labute approximate surface area is 155 Å². The average Bonchev–Trinajstić information content (AvgIpc) is 3.30. The van der Waals surface area contributed by atoms with Crippen LogP contribution < -0.4 is 4.90 Å². The summed E-state index contributed by atoms with van der Waals surface area (Å²) in [5.41, 5.74) is 2.21. The number of carbonyl (C=O) groups excluding carboxylic acids is 1. The standard InChI is InChI=1S/C20H29N5O/c1-22(2)19-18-5-4-9-24(18)14-17(21-19)16-8-12-25(13-16)20(26)15-6-10-23(3)11-7-15/h4-5,9,14-16H,6-8,10-13H2,1-3H3/t16-/m0/s1. The van der Waals surface area contributed by atoms with Crippen LogP contribution in [0, 0.1) is 5.92 Å². The molecule has 2 saturated heterocycles. The van der Waals surface area contributed by atoms with Crippen molar-refractivity contribution in [1.29, 1.82) is 0 Å². The second-order valence-corrected chi connectivity index (χ2v) is 8.03. The summed E-state index contributed by atoms with van der Waals surface area (Å²) in [5, 5.41) is 0. The molecule has 0 saturated carbocycles. The maximum atomic E-state index is 12.9. The first-order valence-electron chi connectivity index (χ1n) is 9.65. The first-order chi connectivity index (χ1) is 12.5. The highest BCUT2D eigenvalue weighted by Crippen LogP contribution is 2.31. The van der Waals surface area contributed by atoms with Crippen LogP contribution in [-0.2, 0) is 4.79 Å². The van der Waals surface area contributed by atoms with Gasteiger partial charge in [-0.25, -0.2) is 4.98 Å². The zero-order valence-electron chi connectivity index (χ0n) is 16.1. The molecule has 1 amide bonds. The second-order valence-electron chi connectivity index (χ2n) is 8.03. The van der Waals surface area contributed by atoms with Crippen molar-refractivity contribution in [3.8, 4) is 0 Å². The molecule has 0 aliphatic carbocycles. The van der Waals surface area contributed by atoms with E-state index in [0.29, 0.717) is 11.8 Å². The maximum absolute atomic E-state index is 12.9. The molecule has 2 aromatic rings. The van der Waals surface area contributed by atoms with Crippen molar-refractivity contribution in [1.82, 2.24) is 19.2 Å². The smallest absolute Gasteiger partial charge is 0.225 e. The number of hydrogen-bond donors (Lipinski definition) is 0. The number of aromatic nitrogens is 2. The van der Waals surface area contributed by atoms with E-state index in [1.807, 2.05) is 14.1 Å². The lowest BCUT2D eigenvalue weighted by Gasteiger charge is -2.30. The lowest BCUT2D eigenvalue weighted by molar-refractivity contribution is -0.135. The van der Waals surface area contributed by atoms with Gasteiger partial charge in [-0.2, -0.15) is 0 Å². The number of rotatable bonds is 3. The highest BCUT2D eigenvalue weighted by molar-refractivity contribution is 5.79. The highest BCUT2D eigenvalue weighted by Gasteiger charge is 2.33. The summed E-state index contributed by atoms with van der Waals surface area (Å²) in [7, 11) is 6.20. The predicted octanol–water partition coefficient (Wildman–Crippen LogP) is 2.06. The van der Waals surface area contributed by atoms with E-state index >= 15 is 0 Å². The van der Waals surface area contributed by atoms with Gasteiger partial charge in [-0.15, -0.1) is 0 Å². The zero-order valence-corrected chi connectivity index (χ0v) is 16.1. The van der Waals surface area contributed by atoms with E-state index in [1.54, 1.807) is 0 Å². The molecule has 0 unspecified atom stereocenters. The number of likely N-dealkylation sites (tertiary alicyclic amines) is 2. The molecule has 2 aliphatic heterocycles. The molecule has 6 nitrogen and oxygen atoms in total. The molecule has 0 spiro atoms. The van der Waals surface area contributed by atoms with Gasteiger partial charge in [-0.3, -0.25) is 4.79 Å². The van der Waals surface area contributed by atoms with Gasteiger partial charge in [0.2, 0.25) is 5.91 Å². The highest BCUT2D eigenvalue weighted by atomic mass is 16.2. The second kappa shape index (κ2) is 6.91. The van der Waals surface area contributed by atoms with Crippen molar-refractivity contribution in [3.63, 3.8) is 0 Å². The Morgan fingerprint density at radius 3 is 2.69 bits per heavy atom. The fourth-order valence-electron chi connectivity index (χ4n) is 4.29. The van der Waals surface area contributed by atoms with Gasteiger partial charge in [-0.05, 0) is 51.5 Å². The van der Waals surface area contributed by atoms with E-state index in [0.717, 1.165) is 62.5 Å². The van der Waals surface area contributed by atoms with E-state index in [2.05, 4.69) is 50.7 Å². The van der Waals surface area contributed by atoms with Crippen LogP contribution in [0.5, 0.6) is 0 Å². The largest absolute Gasteiger partial charge is 0.361 e. The molecule has 2 aromatic heterocycles. The molecular formula is C20H29N5O. The lowest BCUT2D eigenvalue weighted by atomic mass is 9.95. The number of hydrogen-bond acceptors (Lipinski definition) is 4. The third-order valence-corrected chi connectivity index (χ3v) is 5.92. The number of carbonyl (C=O) groups is 1. The van der Waals surface area contributed by atoms with E-state index in [9.17, 15) is 4.79 Å². The minimum absolute atomic E-state index is 0.210. The number of piperidine rings is 1. The Kier molecular flexibility index (Phi) is 4.61. The number of nitrogens with zero attached hydrogens (tertiary/aromatic N) is 5. The third-order valence-electron chi connectivity index (χ3n) is 5.92. The van der Waals surface area contributed by atoms with Crippen molar-refractivity contribution in [2.24, 2.45) is 5.92 Å². The molecular weight excluding hydrogens is 326 g/mol. The Balaban J connectivity index is 1.50. The molecule has 0 radical (unpaired) electrons. The summed E-state index contributed by atoms with van der Waals surface area (Å²) in [6.45, 7) is 3.73. The first kappa shape index (κ1) is 17.3. The van der Waals surface area contributed by atoms with Crippen LogP contribution >= 0.6 is 0 Å². The Morgan fingerprint density at radius 1 is 1.19 bits per heavy atom. The summed E-state index contributed by atoms with van der Waals surface area (Å²) in [5.74, 6) is 1.89. The monoisotopic (exact) mass is 355 g/mol. The molecule has 26 heavy (non-hydrogen) atoms. The van der Waals surface area contributed by atoms with Gasteiger partial charge >= 0.3 is 0 Å². The number of anilines is 1. The first-order valence-corrected chi connectivity index (χ1v) is 9.65. The Bertz CT molecular complexity index is 791. The van der Waals surface area contributed by atoms with Crippen LogP contribution in [0.15, 0.2) is 24.5 Å². The normalized spacial score (nSPS) is 22.3. The van der Waals surface area contributed by atoms with E-state index in [1.165, 1.54) is 0 Å². The molecule has 4 heterocycles. The van der Waals surface area contributed by atoms with Gasteiger partial charge in [0.1, 0.15) is 0 Å². The Morgan fingerprint density at radius 2 is 1.96 bits per heavy atom. The van der Waals surface area contributed by atoms with Gasteiger partial charge < -0.3 is 19.1 Å². The quantitative estimate of drug-likeness (QED) is 0.845. The van der Waals surface area contributed by atoms with Gasteiger partial charge in [0.15, 0.2) is 5.82 Å². The molecule has 140 valence electrons. The van der Waals surface area contributed by atoms with Crippen molar-refractivity contribution in [3.05, 3.63) is 30.2 Å². The zero-order chi connectivity index (χ0) is 18.3. The van der Waals surface area contributed by atoms with E-state index < -0.39 is 0 Å². The molecule has 4 rings (SSSR count). The topological polar surface area (TPSA) is 44.1 Å². The lowest BCUT2D eigenvalue weighted by Crippen LogP contribution is -2.40. The SMILES string of the molecule is CN1CCC(C(=O)N2CC[C@H](c3cn4cccc4c(N(C)C)n3)C2)CC1. The van der Waals surface area contributed by atoms with Crippen LogP contribution in [0.3, 0.4) is 0 Å². The van der Waals surface area contributed by atoms with E-state index in [4.69, 9.17) is 4.98 Å². The van der Waals surface area contributed by atoms with Crippen LogP contribution in [0.25, 0.3) is 5.52 Å². The summed E-state index contributed by atoms with van der Waals surface area (Å²) < 4.78 is 2.15. The molecule has 0 aromatic carbocycles. The van der Waals surface area contributed by atoms with Crippen molar-refractivity contribution >= 4 is 17.2 Å². The van der Waals surface area contributed by atoms with Gasteiger partial charge in [0.05, 0.1) is 11.2 Å². The minimum atomic E-state index is 0.210. The van der Waals surface area contributed by atoms with Gasteiger partial charge in [0.25, 0.3) is 0 Å². The van der Waals surface area contributed by atoms with Gasteiger partial charge in [-0.1, -0.05) is 0 Å². The van der Waals surface area contributed by atoms with Crippen LogP contribution in [0.2, 0.25) is 0 Å². The summed E-state index contributed by atoms with van der Waals surface area (Å²) >= 11 is 0. The van der Waals surface area contributed by atoms with Crippen LogP contribution in [-0.4, -0.2) is 72.4 Å². The van der Waals surface area contributed by atoms with Crippen LogP contribution in [0.1, 0.15) is 30.9 Å². The number of fused-ring (bicyclic) bond motifs is 1. The fourth-order valence-corrected chi connectivity index (χ4v) is 4.29. The number of amides is 1. The molecule has 1 atom stereocenters. The average molecular weight is 355 g/mol. The molecule has 6 heteroatoms. The fraction of sp³-hybridized carbons (Fsp3) is 0.600. The van der Waals surface area contributed by atoms with Crippen molar-refractivity contribution in [2.75, 3.05) is 52.2 Å². The summed E-state index contributed by atoms with van der Waals surface area (Å²) in [4.78, 5) is 24.3. The Hall–Kier alpha value is -2.08.